The van der Waals surface area contributed by atoms with E-state index in [2.05, 4.69) is 56.1 Å². The maximum absolute atomic E-state index is 5.55. The Kier molecular flexibility index (Phi) is 9.74. The topological polar surface area (TPSA) is 66.7 Å². The first-order valence-corrected chi connectivity index (χ1v) is 10.5. The van der Waals surface area contributed by atoms with Crippen LogP contribution in [0.15, 0.2) is 41.7 Å². The van der Waals surface area contributed by atoms with Gasteiger partial charge >= 0.3 is 0 Å². The molecule has 1 atom stereocenters. The van der Waals surface area contributed by atoms with Crippen molar-refractivity contribution in [2.45, 2.75) is 45.8 Å². The van der Waals surface area contributed by atoms with Crippen LogP contribution in [0.1, 0.15) is 32.5 Å². The number of halogens is 1. The molecule has 166 valence electrons. The number of imidazole rings is 1. The third kappa shape index (κ3) is 6.52. The van der Waals surface area contributed by atoms with Crippen LogP contribution in [-0.2, 0) is 13.1 Å². The van der Waals surface area contributed by atoms with Crippen molar-refractivity contribution < 1.29 is 4.74 Å². The van der Waals surface area contributed by atoms with Crippen molar-refractivity contribution in [2.24, 2.45) is 10.9 Å². The van der Waals surface area contributed by atoms with Crippen LogP contribution >= 0.6 is 24.0 Å². The Hall–Kier alpha value is -1.97. The van der Waals surface area contributed by atoms with Crippen LogP contribution < -0.4 is 20.3 Å². The SMILES string of the molecule is CN=C(NCc1nccn1CC(C)C)NC1CCCN(c2ccccc2OC)C1.I. The minimum absolute atomic E-state index is 0. The van der Waals surface area contributed by atoms with E-state index in [1.165, 1.54) is 0 Å². The quantitative estimate of drug-likeness (QED) is 0.329. The molecular formula is C22H35IN6O. The summed E-state index contributed by atoms with van der Waals surface area (Å²) in [4.78, 5) is 11.3. The Balaban J connectivity index is 0.00000320. The molecule has 0 saturated carbocycles. The van der Waals surface area contributed by atoms with Crippen molar-refractivity contribution >= 4 is 35.6 Å². The molecule has 0 amide bonds. The molecule has 0 bridgehead atoms. The maximum Gasteiger partial charge on any atom is 0.191 e. The number of rotatable bonds is 7. The highest BCUT2D eigenvalue weighted by molar-refractivity contribution is 14.0. The molecule has 8 heteroatoms. The molecule has 0 aliphatic carbocycles. The van der Waals surface area contributed by atoms with E-state index in [-0.39, 0.29) is 24.0 Å². The highest BCUT2D eigenvalue weighted by atomic mass is 127. The molecule has 1 unspecified atom stereocenters. The lowest BCUT2D eigenvalue weighted by Crippen LogP contribution is -2.51. The minimum Gasteiger partial charge on any atom is -0.495 e. The summed E-state index contributed by atoms with van der Waals surface area (Å²) in [7, 11) is 3.55. The molecule has 0 radical (unpaired) electrons. The number of nitrogens with one attached hydrogen (secondary N) is 2. The van der Waals surface area contributed by atoms with Gasteiger partial charge in [-0.15, -0.1) is 24.0 Å². The van der Waals surface area contributed by atoms with Crippen molar-refractivity contribution in [1.82, 2.24) is 20.2 Å². The maximum atomic E-state index is 5.55. The normalized spacial score (nSPS) is 16.9. The van der Waals surface area contributed by atoms with E-state index in [1.807, 2.05) is 31.6 Å². The Morgan fingerprint density at radius 3 is 2.87 bits per heavy atom. The van der Waals surface area contributed by atoms with Crippen LogP contribution in [0, 0.1) is 5.92 Å². The molecule has 1 aromatic carbocycles. The fourth-order valence-corrected chi connectivity index (χ4v) is 3.82. The monoisotopic (exact) mass is 526 g/mol. The number of guanidine groups is 1. The number of aromatic nitrogens is 2. The molecule has 2 heterocycles. The molecule has 7 nitrogen and oxygen atoms in total. The third-order valence-electron chi connectivity index (χ3n) is 5.19. The smallest absolute Gasteiger partial charge is 0.191 e. The number of hydrogen-bond acceptors (Lipinski definition) is 4. The number of para-hydroxylation sites is 2. The lowest BCUT2D eigenvalue weighted by molar-refractivity contribution is 0.408. The van der Waals surface area contributed by atoms with Crippen LogP contribution in [0.5, 0.6) is 5.75 Å². The Morgan fingerprint density at radius 1 is 1.33 bits per heavy atom. The zero-order valence-corrected chi connectivity index (χ0v) is 20.8. The summed E-state index contributed by atoms with van der Waals surface area (Å²) in [6.07, 6.45) is 6.15. The molecule has 3 rings (SSSR count). The number of ether oxygens (including phenoxy) is 1. The van der Waals surface area contributed by atoms with Gasteiger partial charge in [0.05, 0.1) is 19.3 Å². The van der Waals surface area contributed by atoms with Crippen LogP contribution in [0.3, 0.4) is 0 Å². The van der Waals surface area contributed by atoms with Crippen LogP contribution in [0.4, 0.5) is 5.69 Å². The summed E-state index contributed by atoms with van der Waals surface area (Å²) >= 11 is 0. The molecule has 1 aliphatic heterocycles. The molecule has 1 fully saturated rings. The van der Waals surface area contributed by atoms with Gasteiger partial charge in [0.1, 0.15) is 11.6 Å². The van der Waals surface area contributed by atoms with E-state index in [9.17, 15) is 0 Å². The number of benzene rings is 1. The second-order valence-corrected chi connectivity index (χ2v) is 7.92. The van der Waals surface area contributed by atoms with Crippen molar-refractivity contribution in [3.8, 4) is 5.75 Å². The number of aliphatic imine (C=N–C) groups is 1. The van der Waals surface area contributed by atoms with E-state index in [4.69, 9.17) is 4.74 Å². The second-order valence-electron chi connectivity index (χ2n) is 7.92. The van der Waals surface area contributed by atoms with Gasteiger partial charge in [-0.25, -0.2) is 4.98 Å². The first-order chi connectivity index (χ1) is 14.1. The Labute approximate surface area is 197 Å². The first-order valence-electron chi connectivity index (χ1n) is 10.5. The lowest BCUT2D eigenvalue weighted by Gasteiger charge is -2.36. The molecule has 1 aromatic heterocycles. The summed E-state index contributed by atoms with van der Waals surface area (Å²) in [5.41, 5.74) is 1.15. The van der Waals surface area contributed by atoms with Gasteiger partial charge in [0, 0.05) is 45.1 Å². The van der Waals surface area contributed by atoms with Crippen molar-refractivity contribution in [3.05, 3.63) is 42.5 Å². The third-order valence-corrected chi connectivity index (χ3v) is 5.19. The van der Waals surface area contributed by atoms with Crippen LogP contribution in [-0.4, -0.2) is 48.8 Å². The zero-order valence-electron chi connectivity index (χ0n) is 18.5. The van der Waals surface area contributed by atoms with Gasteiger partial charge in [-0.3, -0.25) is 4.99 Å². The van der Waals surface area contributed by atoms with Crippen molar-refractivity contribution in [3.63, 3.8) is 0 Å². The Morgan fingerprint density at radius 2 is 2.13 bits per heavy atom. The van der Waals surface area contributed by atoms with E-state index >= 15 is 0 Å². The molecule has 1 aliphatic rings. The minimum atomic E-state index is 0. The predicted octanol–water partition coefficient (Wildman–Crippen LogP) is 3.50. The average molecular weight is 526 g/mol. The molecule has 30 heavy (non-hydrogen) atoms. The molecule has 1 saturated heterocycles. The van der Waals surface area contributed by atoms with Crippen molar-refractivity contribution in [1.29, 1.82) is 0 Å². The zero-order chi connectivity index (χ0) is 20.6. The number of piperidine rings is 1. The van der Waals surface area contributed by atoms with Gasteiger partial charge in [-0.05, 0) is 30.9 Å². The van der Waals surface area contributed by atoms with Crippen LogP contribution in [0.25, 0.3) is 0 Å². The summed E-state index contributed by atoms with van der Waals surface area (Å²) in [5, 5.41) is 7.01. The summed E-state index contributed by atoms with van der Waals surface area (Å²) < 4.78 is 7.75. The fraction of sp³-hybridized carbons (Fsp3) is 0.545. The standard InChI is InChI=1S/C22H34N6O.HI/c1-17(2)15-28-13-11-24-21(28)14-25-22(23-3)26-18-8-7-12-27(16-18)19-9-5-6-10-20(19)29-4;/h5-6,9-11,13,17-18H,7-8,12,14-16H2,1-4H3,(H2,23,25,26);1H. The highest BCUT2D eigenvalue weighted by Crippen LogP contribution is 2.29. The Bertz CT molecular complexity index is 806. The number of anilines is 1. The van der Waals surface area contributed by atoms with E-state index < -0.39 is 0 Å². The molecule has 2 aromatic rings. The van der Waals surface area contributed by atoms with Crippen LogP contribution in [0.2, 0.25) is 0 Å². The number of methoxy groups -OCH3 is 1. The van der Waals surface area contributed by atoms with Gasteiger partial charge in [0.2, 0.25) is 0 Å². The largest absolute Gasteiger partial charge is 0.495 e. The number of hydrogen-bond donors (Lipinski definition) is 2. The van der Waals surface area contributed by atoms with Gasteiger partial charge in [0.15, 0.2) is 5.96 Å². The molecule has 2 N–H and O–H groups in total. The van der Waals surface area contributed by atoms with Crippen molar-refractivity contribution in [2.75, 3.05) is 32.1 Å². The highest BCUT2D eigenvalue weighted by Gasteiger charge is 2.23. The molecule has 0 spiro atoms. The fourth-order valence-electron chi connectivity index (χ4n) is 3.82. The van der Waals surface area contributed by atoms with Gasteiger partial charge in [-0.1, -0.05) is 26.0 Å². The summed E-state index contributed by atoms with van der Waals surface area (Å²) in [6.45, 7) is 8.02. The predicted molar refractivity (Wildman–Crippen MR) is 134 cm³/mol. The van der Waals surface area contributed by atoms with Gasteiger partial charge < -0.3 is 24.8 Å². The summed E-state index contributed by atoms with van der Waals surface area (Å²) in [6, 6.07) is 8.55. The first kappa shape index (κ1) is 24.3. The van der Waals surface area contributed by atoms with Gasteiger partial charge in [0.25, 0.3) is 0 Å². The summed E-state index contributed by atoms with van der Waals surface area (Å²) in [5.74, 6) is 3.35. The molecular weight excluding hydrogens is 491 g/mol. The average Bonchev–Trinajstić information content (AvgIpc) is 3.17. The van der Waals surface area contributed by atoms with Gasteiger partial charge in [-0.2, -0.15) is 0 Å². The van der Waals surface area contributed by atoms with E-state index in [0.717, 1.165) is 55.7 Å². The lowest BCUT2D eigenvalue weighted by atomic mass is 10.0. The van der Waals surface area contributed by atoms with E-state index in [0.29, 0.717) is 18.5 Å². The van der Waals surface area contributed by atoms with E-state index in [1.54, 1.807) is 7.11 Å². The number of nitrogens with zero attached hydrogens (tertiary/aromatic N) is 4. The second kappa shape index (κ2) is 12.0.